The van der Waals surface area contributed by atoms with Crippen LogP contribution in [0.25, 0.3) is 11.4 Å². The normalized spacial score (nSPS) is 13.9. The molecular formula is C21H19FN6O4. The fourth-order valence-corrected chi connectivity index (χ4v) is 3.11. The van der Waals surface area contributed by atoms with Gasteiger partial charge in [-0.15, -0.1) is 5.12 Å². The fraction of sp³-hybridized carbons (Fsp3) is 0.143. The summed E-state index contributed by atoms with van der Waals surface area (Å²) in [6, 6.07) is 13.4. The maximum atomic E-state index is 13.4. The minimum Gasteiger partial charge on any atom is -0.424 e. The number of rotatable bonds is 7. The van der Waals surface area contributed by atoms with E-state index in [1.54, 1.807) is 36.4 Å². The van der Waals surface area contributed by atoms with Crippen LogP contribution in [0.3, 0.4) is 0 Å². The monoisotopic (exact) mass is 438 g/mol. The topological polar surface area (TPSA) is 106 Å². The Labute approximate surface area is 182 Å². The molecule has 11 heteroatoms. The quantitative estimate of drug-likeness (QED) is 0.436. The van der Waals surface area contributed by atoms with Gasteiger partial charge in [0.25, 0.3) is 5.69 Å². The summed E-state index contributed by atoms with van der Waals surface area (Å²) in [5.41, 5.74) is 5.45. The minimum absolute atomic E-state index is 0.0000411. The van der Waals surface area contributed by atoms with Crippen molar-refractivity contribution in [3.05, 3.63) is 88.0 Å². The predicted molar refractivity (Wildman–Crippen MR) is 113 cm³/mol. The van der Waals surface area contributed by atoms with Crippen LogP contribution < -0.4 is 10.2 Å². The lowest BCUT2D eigenvalue weighted by Crippen LogP contribution is -2.39. The Balaban J connectivity index is 1.73. The van der Waals surface area contributed by atoms with Crippen LogP contribution in [-0.2, 0) is 4.84 Å². The first kappa shape index (κ1) is 21.2. The number of nitrogens with one attached hydrogen (secondary N) is 1. The first-order valence-electron chi connectivity index (χ1n) is 9.65. The van der Waals surface area contributed by atoms with Crippen LogP contribution >= 0.6 is 0 Å². The molecule has 0 bridgehead atoms. The van der Waals surface area contributed by atoms with Gasteiger partial charge in [0.2, 0.25) is 0 Å². The fourth-order valence-electron chi connectivity index (χ4n) is 3.11. The Kier molecular flexibility index (Phi) is 5.92. The molecule has 4 rings (SSSR count). The highest BCUT2D eigenvalue weighted by Gasteiger charge is 2.31. The summed E-state index contributed by atoms with van der Waals surface area (Å²) >= 11 is 0. The average Bonchev–Trinajstić information content (AvgIpc) is 3.11. The van der Waals surface area contributed by atoms with Gasteiger partial charge in [0.1, 0.15) is 17.3 Å². The largest absolute Gasteiger partial charge is 0.424 e. The van der Waals surface area contributed by atoms with Crippen molar-refractivity contribution >= 4 is 17.1 Å². The van der Waals surface area contributed by atoms with E-state index in [2.05, 4.69) is 15.4 Å². The summed E-state index contributed by atoms with van der Waals surface area (Å²) in [4.78, 5) is 24.8. The zero-order valence-corrected chi connectivity index (χ0v) is 17.2. The molecule has 1 aromatic heterocycles. The van der Waals surface area contributed by atoms with E-state index >= 15 is 0 Å². The van der Waals surface area contributed by atoms with Crippen molar-refractivity contribution in [1.82, 2.24) is 25.7 Å². The molecule has 164 valence electrons. The van der Waals surface area contributed by atoms with Crippen LogP contribution in [-0.4, -0.2) is 38.8 Å². The molecule has 0 unspecified atom stereocenters. The van der Waals surface area contributed by atoms with Gasteiger partial charge >= 0.3 is 6.01 Å². The van der Waals surface area contributed by atoms with E-state index in [1.165, 1.54) is 41.7 Å². The second-order valence-corrected chi connectivity index (χ2v) is 6.64. The predicted octanol–water partition coefficient (Wildman–Crippen LogP) is 3.76. The van der Waals surface area contributed by atoms with Crippen LogP contribution in [0.5, 0.6) is 11.8 Å². The smallest absolute Gasteiger partial charge is 0.322 e. The van der Waals surface area contributed by atoms with E-state index in [9.17, 15) is 14.5 Å². The van der Waals surface area contributed by atoms with E-state index in [0.29, 0.717) is 23.7 Å². The number of hydrazine groups is 2. The number of nitro benzene ring substituents is 1. The summed E-state index contributed by atoms with van der Waals surface area (Å²) < 4.78 is 19.1. The number of non-ortho nitro benzene ring substituents is 1. The molecule has 0 radical (unpaired) electrons. The van der Waals surface area contributed by atoms with E-state index in [-0.39, 0.29) is 23.3 Å². The Bertz CT molecular complexity index is 1170. The number of nitrogens with zero attached hydrogens (tertiary/aromatic N) is 5. The molecule has 0 saturated heterocycles. The van der Waals surface area contributed by atoms with Gasteiger partial charge in [0.15, 0.2) is 0 Å². The van der Waals surface area contributed by atoms with Gasteiger partial charge in [-0.2, -0.15) is 10.2 Å². The molecule has 2 heterocycles. The van der Waals surface area contributed by atoms with Gasteiger partial charge in [-0.25, -0.2) is 9.37 Å². The zero-order chi connectivity index (χ0) is 22.7. The van der Waals surface area contributed by atoms with Gasteiger partial charge in [-0.05, 0) is 43.3 Å². The number of benzene rings is 2. The molecule has 1 aliphatic rings. The molecule has 0 amide bonds. The van der Waals surface area contributed by atoms with E-state index in [4.69, 9.17) is 9.57 Å². The first-order chi connectivity index (χ1) is 15.5. The highest BCUT2D eigenvalue weighted by atomic mass is 19.1. The summed E-state index contributed by atoms with van der Waals surface area (Å²) in [5, 5.41) is 14.2. The number of halogens is 1. The van der Waals surface area contributed by atoms with E-state index in [1.807, 2.05) is 6.92 Å². The third-order valence-electron chi connectivity index (χ3n) is 4.47. The van der Waals surface area contributed by atoms with Gasteiger partial charge < -0.3 is 4.74 Å². The number of ether oxygens (including phenoxy) is 1. The lowest BCUT2D eigenvalue weighted by Gasteiger charge is -2.25. The average molecular weight is 438 g/mol. The van der Waals surface area contributed by atoms with Gasteiger partial charge in [-0.1, -0.05) is 6.07 Å². The van der Waals surface area contributed by atoms with Crippen LogP contribution in [0.2, 0.25) is 0 Å². The highest BCUT2D eigenvalue weighted by molar-refractivity contribution is 5.88. The van der Waals surface area contributed by atoms with E-state index in [0.717, 1.165) is 5.56 Å². The lowest BCUT2D eigenvalue weighted by atomic mass is 10.1. The summed E-state index contributed by atoms with van der Waals surface area (Å²) in [6.45, 7) is 2.23. The van der Waals surface area contributed by atoms with Gasteiger partial charge in [0, 0.05) is 24.9 Å². The molecule has 2 aromatic carbocycles. The van der Waals surface area contributed by atoms with Crippen molar-refractivity contribution in [2.45, 2.75) is 6.92 Å². The van der Waals surface area contributed by atoms with Crippen LogP contribution in [0.1, 0.15) is 18.2 Å². The highest BCUT2D eigenvalue weighted by Crippen LogP contribution is 2.33. The minimum atomic E-state index is -0.510. The molecule has 32 heavy (non-hydrogen) atoms. The molecule has 1 aliphatic heterocycles. The molecule has 3 aromatic rings. The Morgan fingerprint density at radius 2 is 1.97 bits per heavy atom. The Morgan fingerprint density at radius 3 is 2.69 bits per heavy atom. The SMILES string of the molecule is CCON1C(c2ccnc(Oc3cccc([N+](=O)[O-])c3)n2)=C(c2ccc(F)cc2)NN1C. The third kappa shape index (κ3) is 4.33. The number of nitro groups is 1. The van der Waals surface area contributed by atoms with Crippen molar-refractivity contribution in [2.24, 2.45) is 0 Å². The molecule has 1 N–H and O–H groups in total. The molecule has 10 nitrogen and oxygen atoms in total. The molecular weight excluding hydrogens is 419 g/mol. The zero-order valence-electron chi connectivity index (χ0n) is 17.2. The van der Waals surface area contributed by atoms with Gasteiger partial charge in [0.05, 0.1) is 29.0 Å². The van der Waals surface area contributed by atoms with Crippen LogP contribution in [0.15, 0.2) is 60.8 Å². The van der Waals surface area contributed by atoms with E-state index < -0.39 is 4.92 Å². The number of hydrogen-bond acceptors (Lipinski definition) is 9. The summed E-state index contributed by atoms with van der Waals surface area (Å²) in [6.07, 6.45) is 1.51. The molecule has 0 atom stereocenters. The number of aromatic nitrogens is 2. The second-order valence-electron chi connectivity index (χ2n) is 6.64. The van der Waals surface area contributed by atoms with Crippen LogP contribution in [0.4, 0.5) is 10.1 Å². The number of hydroxylamine groups is 1. The van der Waals surface area contributed by atoms with Crippen molar-refractivity contribution in [2.75, 3.05) is 13.7 Å². The van der Waals surface area contributed by atoms with Crippen molar-refractivity contribution in [3.8, 4) is 11.8 Å². The number of hydrogen-bond donors (Lipinski definition) is 1. The second kappa shape index (κ2) is 8.96. The standard InChI is InChI=1S/C21H19FN6O4/c1-3-31-27-20(19(25-26(27)2)14-7-9-15(22)10-8-14)18-11-12-23-21(24-18)32-17-6-4-5-16(13-17)28(29)30/h4-13,25H,3H2,1-2H3. The molecule has 0 aliphatic carbocycles. The van der Waals surface area contributed by atoms with Crippen molar-refractivity contribution < 1.29 is 18.9 Å². The summed E-state index contributed by atoms with van der Waals surface area (Å²) in [7, 11) is 1.76. The lowest BCUT2D eigenvalue weighted by molar-refractivity contribution is -0.384. The van der Waals surface area contributed by atoms with Gasteiger partial charge in [-0.3, -0.25) is 20.4 Å². The molecule has 0 spiro atoms. The Hall–Kier alpha value is -4.09. The maximum Gasteiger partial charge on any atom is 0.322 e. The third-order valence-corrected chi connectivity index (χ3v) is 4.47. The Morgan fingerprint density at radius 1 is 1.19 bits per heavy atom. The molecule has 0 fully saturated rings. The van der Waals surface area contributed by atoms with Crippen molar-refractivity contribution in [3.63, 3.8) is 0 Å². The first-order valence-corrected chi connectivity index (χ1v) is 9.65. The van der Waals surface area contributed by atoms with Crippen LogP contribution in [0, 0.1) is 15.9 Å². The maximum absolute atomic E-state index is 13.4. The van der Waals surface area contributed by atoms with Crippen molar-refractivity contribution in [1.29, 1.82) is 0 Å². The molecule has 0 saturated carbocycles. The summed E-state index contributed by atoms with van der Waals surface area (Å²) in [5.74, 6) is -0.119.